The molecule has 10 heteroatoms. The monoisotopic (exact) mass is 473 g/mol. The number of aromatic nitrogens is 3. The highest BCUT2D eigenvalue weighted by atomic mass is 32.2. The average molecular weight is 474 g/mol. The molecule has 0 aliphatic carbocycles. The minimum absolute atomic E-state index is 0.0305. The molecule has 1 fully saturated rings. The van der Waals surface area contributed by atoms with Gasteiger partial charge >= 0.3 is 0 Å². The number of amides is 1. The van der Waals surface area contributed by atoms with E-state index in [2.05, 4.69) is 29.2 Å². The molecule has 1 aliphatic rings. The zero-order valence-electron chi connectivity index (χ0n) is 19.4. The van der Waals surface area contributed by atoms with Crippen molar-refractivity contribution < 1.29 is 17.6 Å². The van der Waals surface area contributed by atoms with Gasteiger partial charge in [-0.2, -0.15) is 5.10 Å². The van der Waals surface area contributed by atoms with Crippen molar-refractivity contribution in [3.63, 3.8) is 0 Å². The van der Waals surface area contributed by atoms with Crippen molar-refractivity contribution in [2.24, 2.45) is 0 Å². The van der Waals surface area contributed by atoms with E-state index in [1.807, 2.05) is 6.92 Å². The normalized spacial score (nSPS) is 17.8. The summed E-state index contributed by atoms with van der Waals surface area (Å²) >= 11 is 0. The van der Waals surface area contributed by atoms with Crippen LogP contribution in [0.1, 0.15) is 48.8 Å². The van der Waals surface area contributed by atoms with E-state index in [0.717, 1.165) is 26.1 Å². The topological polar surface area (TPSA) is 110 Å². The molecular formula is C23H31N5O4S. The summed E-state index contributed by atoms with van der Waals surface area (Å²) in [6.07, 6.45) is 2.89. The van der Waals surface area contributed by atoms with Gasteiger partial charge in [0.05, 0.1) is 40.5 Å². The van der Waals surface area contributed by atoms with Gasteiger partial charge in [0.2, 0.25) is 0 Å². The first-order chi connectivity index (χ1) is 15.8. The molecule has 9 nitrogen and oxygen atoms in total. The van der Waals surface area contributed by atoms with Crippen molar-refractivity contribution in [2.75, 3.05) is 37.7 Å². The number of hydrogen-bond donors (Lipinski definition) is 1. The molecule has 0 spiro atoms. The average Bonchev–Trinajstić information content (AvgIpc) is 3.52. The molecular weight excluding hydrogens is 442 g/mol. The summed E-state index contributed by atoms with van der Waals surface area (Å²) in [5.74, 6) is 0.506. The third kappa shape index (κ3) is 4.96. The van der Waals surface area contributed by atoms with Crippen molar-refractivity contribution in [3.8, 4) is 11.5 Å². The molecule has 1 atom stereocenters. The first kappa shape index (κ1) is 23.4. The van der Waals surface area contributed by atoms with Gasteiger partial charge in [0.15, 0.2) is 21.2 Å². The lowest BCUT2D eigenvalue weighted by molar-refractivity contribution is 0.0953. The van der Waals surface area contributed by atoms with Crippen LogP contribution in [0.5, 0.6) is 0 Å². The van der Waals surface area contributed by atoms with Gasteiger partial charge in [-0.15, -0.1) is 0 Å². The van der Waals surface area contributed by atoms with E-state index in [9.17, 15) is 13.2 Å². The summed E-state index contributed by atoms with van der Waals surface area (Å²) in [6, 6.07) is 4.98. The van der Waals surface area contributed by atoms with Gasteiger partial charge in [0, 0.05) is 6.54 Å². The Balaban J connectivity index is 1.68. The zero-order valence-corrected chi connectivity index (χ0v) is 20.2. The molecule has 0 radical (unpaired) electrons. The van der Waals surface area contributed by atoms with Crippen LogP contribution in [0, 0.1) is 6.92 Å². The van der Waals surface area contributed by atoms with Crippen LogP contribution in [-0.4, -0.2) is 71.7 Å². The van der Waals surface area contributed by atoms with E-state index in [0.29, 0.717) is 46.7 Å². The fraction of sp³-hybridized carbons (Fsp3) is 0.522. The highest BCUT2D eigenvalue weighted by Gasteiger charge is 2.32. The van der Waals surface area contributed by atoms with E-state index >= 15 is 0 Å². The van der Waals surface area contributed by atoms with Gasteiger partial charge in [-0.3, -0.25) is 4.79 Å². The van der Waals surface area contributed by atoms with Crippen LogP contribution in [-0.2, 0) is 9.84 Å². The fourth-order valence-corrected chi connectivity index (χ4v) is 6.10. The van der Waals surface area contributed by atoms with Crippen LogP contribution in [0.25, 0.3) is 22.5 Å². The van der Waals surface area contributed by atoms with E-state index < -0.39 is 9.84 Å². The fourth-order valence-electron chi connectivity index (χ4n) is 4.41. The van der Waals surface area contributed by atoms with Gasteiger partial charge in [-0.25, -0.2) is 18.1 Å². The van der Waals surface area contributed by atoms with Gasteiger partial charge < -0.3 is 14.6 Å². The molecule has 1 saturated heterocycles. The van der Waals surface area contributed by atoms with Crippen LogP contribution in [0.2, 0.25) is 0 Å². The summed E-state index contributed by atoms with van der Waals surface area (Å²) in [6.45, 7) is 9.53. The molecule has 33 heavy (non-hydrogen) atoms. The van der Waals surface area contributed by atoms with Crippen molar-refractivity contribution in [1.82, 2.24) is 25.0 Å². The first-order valence-corrected chi connectivity index (χ1v) is 13.3. The van der Waals surface area contributed by atoms with Crippen LogP contribution < -0.4 is 5.32 Å². The SMILES string of the molecule is CCN(CC)CCCNC(=O)c1cc(-c2ccco2)nc2c1c(C)nn2C1CCS(=O)(=O)C1. The van der Waals surface area contributed by atoms with E-state index in [1.165, 1.54) is 0 Å². The summed E-state index contributed by atoms with van der Waals surface area (Å²) in [5.41, 5.74) is 2.15. The van der Waals surface area contributed by atoms with Crippen molar-refractivity contribution >= 4 is 26.8 Å². The van der Waals surface area contributed by atoms with Crippen LogP contribution in [0.4, 0.5) is 0 Å². The van der Waals surface area contributed by atoms with Gasteiger partial charge in [-0.1, -0.05) is 13.8 Å². The molecule has 3 aromatic heterocycles. The highest BCUT2D eigenvalue weighted by Crippen LogP contribution is 2.32. The maximum atomic E-state index is 13.2. The second-order valence-electron chi connectivity index (χ2n) is 8.45. The Kier molecular flexibility index (Phi) is 6.85. The van der Waals surface area contributed by atoms with Crippen molar-refractivity contribution in [1.29, 1.82) is 0 Å². The quantitative estimate of drug-likeness (QED) is 0.476. The molecule has 1 aliphatic heterocycles. The van der Waals surface area contributed by atoms with Crippen LogP contribution in [0.3, 0.4) is 0 Å². The molecule has 0 aromatic carbocycles. The Morgan fingerprint density at radius 1 is 1.33 bits per heavy atom. The van der Waals surface area contributed by atoms with Gasteiger partial charge in [0.25, 0.3) is 5.91 Å². The third-order valence-electron chi connectivity index (χ3n) is 6.24. The number of furan rings is 1. The number of aryl methyl sites for hydroxylation is 1. The Hall–Kier alpha value is -2.72. The highest BCUT2D eigenvalue weighted by molar-refractivity contribution is 7.91. The Morgan fingerprint density at radius 2 is 2.12 bits per heavy atom. The van der Waals surface area contributed by atoms with Crippen molar-refractivity contribution in [2.45, 2.75) is 39.7 Å². The number of rotatable bonds is 9. The molecule has 1 unspecified atom stereocenters. The second kappa shape index (κ2) is 9.64. The molecule has 0 bridgehead atoms. The number of nitrogens with zero attached hydrogens (tertiary/aromatic N) is 4. The second-order valence-corrected chi connectivity index (χ2v) is 10.7. The standard InChI is InChI=1S/C23H31N5O4S/c1-4-27(5-2)11-7-10-24-23(29)18-14-19(20-8-6-12-32-20)25-22-21(18)16(3)26-28(22)17-9-13-33(30,31)15-17/h6,8,12,14,17H,4-5,7,9-11,13,15H2,1-3H3,(H,24,29). The first-order valence-electron chi connectivity index (χ1n) is 11.5. The maximum Gasteiger partial charge on any atom is 0.252 e. The minimum Gasteiger partial charge on any atom is -0.463 e. The Bertz CT molecular complexity index is 1230. The van der Waals surface area contributed by atoms with Crippen molar-refractivity contribution in [3.05, 3.63) is 35.7 Å². The Morgan fingerprint density at radius 3 is 2.76 bits per heavy atom. The number of fused-ring (bicyclic) bond motifs is 1. The zero-order chi connectivity index (χ0) is 23.6. The summed E-state index contributed by atoms with van der Waals surface area (Å²) < 4.78 is 31.4. The molecule has 1 amide bonds. The van der Waals surface area contributed by atoms with E-state index in [4.69, 9.17) is 9.40 Å². The molecule has 4 heterocycles. The number of nitrogens with one attached hydrogen (secondary N) is 1. The third-order valence-corrected chi connectivity index (χ3v) is 7.99. The van der Waals surface area contributed by atoms with Gasteiger partial charge in [-0.05, 0) is 57.6 Å². The van der Waals surface area contributed by atoms with E-state index in [1.54, 1.807) is 29.1 Å². The Labute approximate surface area is 194 Å². The lowest BCUT2D eigenvalue weighted by atomic mass is 10.1. The largest absolute Gasteiger partial charge is 0.463 e. The number of pyridine rings is 1. The number of carbonyl (C=O) groups is 1. The molecule has 178 valence electrons. The minimum atomic E-state index is -3.10. The number of sulfone groups is 1. The summed E-state index contributed by atoms with van der Waals surface area (Å²) in [4.78, 5) is 20.3. The molecule has 1 N–H and O–H groups in total. The lowest BCUT2D eigenvalue weighted by Crippen LogP contribution is -2.30. The predicted molar refractivity (Wildman–Crippen MR) is 127 cm³/mol. The van der Waals surface area contributed by atoms with Crippen LogP contribution >= 0.6 is 0 Å². The summed E-state index contributed by atoms with van der Waals surface area (Å²) in [7, 11) is -3.10. The molecule has 4 rings (SSSR count). The lowest BCUT2D eigenvalue weighted by Gasteiger charge is -2.17. The summed E-state index contributed by atoms with van der Waals surface area (Å²) in [5, 5.41) is 8.30. The van der Waals surface area contributed by atoms with Gasteiger partial charge in [0.1, 0.15) is 5.69 Å². The number of hydrogen-bond acceptors (Lipinski definition) is 7. The number of carbonyl (C=O) groups excluding carboxylic acids is 1. The molecule has 3 aromatic rings. The predicted octanol–water partition coefficient (Wildman–Crippen LogP) is 2.82. The smallest absolute Gasteiger partial charge is 0.252 e. The van der Waals surface area contributed by atoms with Crippen LogP contribution in [0.15, 0.2) is 28.9 Å². The maximum absolute atomic E-state index is 13.2. The van der Waals surface area contributed by atoms with E-state index in [-0.39, 0.29) is 23.5 Å². The molecule has 0 saturated carbocycles.